The summed E-state index contributed by atoms with van der Waals surface area (Å²) in [5.74, 6) is 0.666. The SMILES string of the molecule is CCN(CC1CCCNC1)C(=O)c1ccnn1C. The first-order chi connectivity index (χ1) is 8.72. The number of hydrogen-bond donors (Lipinski definition) is 1. The van der Waals surface area contributed by atoms with E-state index in [0.29, 0.717) is 11.6 Å². The molecule has 1 fully saturated rings. The number of carbonyl (C=O) groups excluding carboxylic acids is 1. The summed E-state index contributed by atoms with van der Waals surface area (Å²) in [6.07, 6.45) is 4.09. The Kier molecular flexibility index (Phi) is 4.36. The second-order valence-electron chi connectivity index (χ2n) is 4.90. The molecule has 1 atom stereocenters. The van der Waals surface area contributed by atoms with E-state index in [9.17, 15) is 4.79 Å². The largest absolute Gasteiger partial charge is 0.337 e. The molecule has 5 nitrogen and oxygen atoms in total. The van der Waals surface area contributed by atoms with Crippen molar-refractivity contribution in [3.8, 4) is 0 Å². The van der Waals surface area contributed by atoms with E-state index in [-0.39, 0.29) is 5.91 Å². The van der Waals surface area contributed by atoms with Crippen molar-refractivity contribution in [3.05, 3.63) is 18.0 Å². The van der Waals surface area contributed by atoms with Gasteiger partial charge in [0, 0.05) is 26.3 Å². The Hall–Kier alpha value is -1.36. The lowest BCUT2D eigenvalue weighted by Gasteiger charge is -2.29. The lowest BCUT2D eigenvalue weighted by atomic mass is 9.99. The summed E-state index contributed by atoms with van der Waals surface area (Å²) in [4.78, 5) is 14.3. The Morgan fingerprint density at radius 3 is 3.06 bits per heavy atom. The molecule has 1 N–H and O–H groups in total. The van der Waals surface area contributed by atoms with E-state index in [1.54, 1.807) is 16.9 Å². The third kappa shape index (κ3) is 2.90. The van der Waals surface area contributed by atoms with Crippen LogP contribution in [0.3, 0.4) is 0 Å². The fourth-order valence-corrected chi connectivity index (χ4v) is 2.49. The number of nitrogens with zero attached hydrogens (tertiary/aromatic N) is 3. The Balaban J connectivity index is 1.99. The van der Waals surface area contributed by atoms with Crippen molar-refractivity contribution in [1.82, 2.24) is 20.0 Å². The van der Waals surface area contributed by atoms with Gasteiger partial charge in [0.05, 0.1) is 0 Å². The first kappa shape index (κ1) is 13.1. The molecule has 100 valence electrons. The highest BCUT2D eigenvalue weighted by atomic mass is 16.2. The van der Waals surface area contributed by atoms with E-state index < -0.39 is 0 Å². The summed E-state index contributed by atoms with van der Waals surface area (Å²) >= 11 is 0. The molecule has 0 bridgehead atoms. The van der Waals surface area contributed by atoms with Crippen LogP contribution < -0.4 is 5.32 Å². The molecule has 1 aliphatic heterocycles. The maximum absolute atomic E-state index is 12.4. The number of aryl methyl sites for hydroxylation is 1. The number of amides is 1. The predicted molar refractivity (Wildman–Crippen MR) is 70.4 cm³/mol. The van der Waals surface area contributed by atoms with Crippen LogP contribution in [0.2, 0.25) is 0 Å². The van der Waals surface area contributed by atoms with Gasteiger partial charge in [-0.15, -0.1) is 0 Å². The molecule has 0 aromatic carbocycles. The molecule has 2 heterocycles. The second-order valence-corrected chi connectivity index (χ2v) is 4.90. The number of hydrogen-bond acceptors (Lipinski definition) is 3. The minimum atomic E-state index is 0.0862. The van der Waals surface area contributed by atoms with Gasteiger partial charge < -0.3 is 10.2 Å². The summed E-state index contributed by atoms with van der Waals surface area (Å²) in [5, 5.41) is 7.45. The van der Waals surface area contributed by atoms with Gasteiger partial charge in [0.2, 0.25) is 0 Å². The second kappa shape index (κ2) is 6.00. The Labute approximate surface area is 108 Å². The van der Waals surface area contributed by atoms with Crippen LogP contribution in [0.1, 0.15) is 30.3 Å². The van der Waals surface area contributed by atoms with Gasteiger partial charge in [-0.1, -0.05) is 0 Å². The van der Waals surface area contributed by atoms with Gasteiger partial charge in [-0.25, -0.2) is 0 Å². The predicted octanol–water partition coefficient (Wildman–Crippen LogP) is 0.882. The smallest absolute Gasteiger partial charge is 0.272 e. The number of carbonyl (C=O) groups is 1. The van der Waals surface area contributed by atoms with Crippen LogP contribution in [0.25, 0.3) is 0 Å². The van der Waals surface area contributed by atoms with E-state index in [2.05, 4.69) is 10.4 Å². The number of piperidine rings is 1. The maximum Gasteiger partial charge on any atom is 0.272 e. The summed E-state index contributed by atoms with van der Waals surface area (Å²) < 4.78 is 1.64. The fourth-order valence-electron chi connectivity index (χ4n) is 2.49. The molecule has 0 radical (unpaired) electrons. The van der Waals surface area contributed by atoms with Crippen molar-refractivity contribution >= 4 is 5.91 Å². The number of rotatable bonds is 4. The zero-order valence-corrected chi connectivity index (χ0v) is 11.2. The first-order valence-electron chi connectivity index (χ1n) is 6.70. The van der Waals surface area contributed by atoms with Crippen LogP contribution in [0.4, 0.5) is 0 Å². The third-order valence-corrected chi connectivity index (χ3v) is 3.59. The standard InChI is InChI=1S/C13H22N4O/c1-3-17(10-11-5-4-7-14-9-11)13(18)12-6-8-15-16(12)2/h6,8,11,14H,3-5,7,9-10H2,1-2H3. The molecule has 18 heavy (non-hydrogen) atoms. The minimum absolute atomic E-state index is 0.0862. The maximum atomic E-state index is 12.4. The lowest BCUT2D eigenvalue weighted by molar-refractivity contribution is 0.0718. The van der Waals surface area contributed by atoms with Crippen molar-refractivity contribution in [3.63, 3.8) is 0 Å². The zero-order chi connectivity index (χ0) is 13.0. The molecule has 2 rings (SSSR count). The molecule has 1 amide bonds. The van der Waals surface area contributed by atoms with Crippen molar-refractivity contribution in [2.24, 2.45) is 13.0 Å². The quantitative estimate of drug-likeness (QED) is 0.863. The van der Waals surface area contributed by atoms with Gasteiger partial charge in [-0.05, 0) is 44.8 Å². The highest BCUT2D eigenvalue weighted by Crippen LogP contribution is 2.13. The zero-order valence-electron chi connectivity index (χ0n) is 11.2. The number of aromatic nitrogens is 2. The fraction of sp³-hybridized carbons (Fsp3) is 0.692. The van der Waals surface area contributed by atoms with Crippen molar-refractivity contribution in [1.29, 1.82) is 0 Å². The van der Waals surface area contributed by atoms with Crippen LogP contribution in [0, 0.1) is 5.92 Å². The average molecular weight is 250 g/mol. The highest BCUT2D eigenvalue weighted by Gasteiger charge is 2.22. The topological polar surface area (TPSA) is 50.2 Å². The third-order valence-electron chi connectivity index (χ3n) is 3.59. The van der Waals surface area contributed by atoms with Gasteiger partial charge in [0.15, 0.2) is 0 Å². The summed E-state index contributed by atoms with van der Waals surface area (Å²) in [5.41, 5.74) is 0.667. The molecule has 0 saturated carbocycles. The molecule has 1 aromatic rings. The van der Waals surface area contributed by atoms with Crippen molar-refractivity contribution in [2.45, 2.75) is 19.8 Å². The molecule has 1 aromatic heterocycles. The van der Waals surface area contributed by atoms with Gasteiger partial charge in [0.1, 0.15) is 5.69 Å². The molecular formula is C13H22N4O. The molecule has 1 saturated heterocycles. The number of nitrogens with one attached hydrogen (secondary N) is 1. The summed E-state index contributed by atoms with van der Waals surface area (Å²) in [6.45, 7) is 5.76. The molecule has 0 spiro atoms. The van der Waals surface area contributed by atoms with Gasteiger partial charge in [-0.3, -0.25) is 9.48 Å². The van der Waals surface area contributed by atoms with E-state index in [0.717, 1.165) is 26.2 Å². The Bertz CT molecular complexity index is 395. The van der Waals surface area contributed by atoms with Crippen LogP contribution in [-0.4, -0.2) is 46.8 Å². The average Bonchev–Trinajstić information content (AvgIpc) is 2.82. The van der Waals surface area contributed by atoms with Crippen LogP contribution in [-0.2, 0) is 7.05 Å². The van der Waals surface area contributed by atoms with Crippen LogP contribution >= 0.6 is 0 Å². The first-order valence-corrected chi connectivity index (χ1v) is 6.70. The Morgan fingerprint density at radius 2 is 2.50 bits per heavy atom. The highest BCUT2D eigenvalue weighted by molar-refractivity contribution is 5.92. The lowest BCUT2D eigenvalue weighted by Crippen LogP contribution is -2.41. The van der Waals surface area contributed by atoms with E-state index in [4.69, 9.17) is 0 Å². The van der Waals surface area contributed by atoms with E-state index >= 15 is 0 Å². The summed E-state index contributed by atoms with van der Waals surface area (Å²) in [7, 11) is 1.81. The van der Waals surface area contributed by atoms with E-state index in [1.807, 2.05) is 18.9 Å². The van der Waals surface area contributed by atoms with E-state index in [1.165, 1.54) is 12.8 Å². The molecule has 1 unspecified atom stereocenters. The van der Waals surface area contributed by atoms with Gasteiger partial charge in [0.25, 0.3) is 5.91 Å². The van der Waals surface area contributed by atoms with Gasteiger partial charge >= 0.3 is 0 Å². The monoisotopic (exact) mass is 250 g/mol. The van der Waals surface area contributed by atoms with Crippen molar-refractivity contribution in [2.75, 3.05) is 26.2 Å². The molecule has 5 heteroatoms. The van der Waals surface area contributed by atoms with Crippen molar-refractivity contribution < 1.29 is 4.79 Å². The minimum Gasteiger partial charge on any atom is -0.337 e. The molecular weight excluding hydrogens is 228 g/mol. The van der Waals surface area contributed by atoms with Crippen LogP contribution in [0.15, 0.2) is 12.3 Å². The van der Waals surface area contributed by atoms with Crippen LogP contribution in [0.5, 0.6) is 0 Å². The summed E-state index contributed by atoms with van der Waals surface area (Å²) in [6, 6.07) is 1.78. The Morgan fingerprint density at radius 1 is 1.67 bits per heavy atom. The normalized spacial score (nSPS) is 19.8. The molecule has 1 aliphatic rings. The van der Waals surface area contributed by atoms with Gasteiger partial charge in [-0.2, -0.15) is 5.10 Å². The molecule has 0 aliphatic carbocycles.